The van der Waals surface area contributed by atoms with Gasteiger partial charge in [-0.25, -0.2) is 13.1 Å². The zero-order valence-electron chi connectivity index (χ0n) is 23.7. The van der Waals surface area contributed by atoms with Crippen LogP contribution in [-0.4, -0.2) is 66.3 Å². The average molecular weight is 603 g/mol. The Hall–Kier alpha value is -3.46. The van der Waals surface area contributed by atoms with Crippen LogP contribution in [-0.2, 0) is 16.4 Å². The molecule has 0 saturated carbocycles. The summed E-state index contributed by atoms with van der Waals surface area (Å²) < 4.78 is 25.7. The van der Waals surface area contributed by atoms with Crippen molar-refractivity contribution in [2.24, 2.45) is 0 Å². The number of sulfone groups is 1. The molecule has 2 atom stereocenters. The number of hydrogen-bond donors (Lipinski definition) is 0. The van der Waals surface area contributed by atoms with Gasteiger partial charge in [0.15, 0.2) is 9.84 Å². The van der Waals surface area contributed by atoms with E-state index in [0.29, 0.717) is 34.5 Å². The van der Waals surface area contributed by atoms with E-state index in [1.54, 1.807) is 18.3 Å². The molecule has 1 amide bonds. The molecule has 2 aliphatic heterocycles. The minimum Gasteiger partial charge on any atom is -0.338 e. The first-order valence-electron chi connectivity index (χ1n) is 14.5. The summed E-state index contributed by atoms with van der Waals surface area (Å²) in [5.41, 5.74) is 4.84. The van der Waals surface area contributed by atoms with Crippen LogP contribution in [0.25, 0.3) is 5.69 Å². The normalized spacial score (nSPS) is 19.7. The van der Waals surface area contributed by atoms with Crippen LogP contribution in [0.4, 0.5) is 0 Å². The molecule has 6 rings (SSSR count). The maximum absolute atomic E-state index is 14.1. The molecular weight excluding hydrogens is 568 g/mol. The van der Waals surface area contributed by atoms with Crippen LogP contribution >= 0.6 is 11.6 Å². The lowest BCUT2D eigenvalue weighted by Gasteiger charge is -2.33. The first-order chi connectivity index (χ1) is 20.3. The number of carbonyl (C=O) groups is 1. The molecular formula is C33H35ClN4O3S. The molecule has 7 nitrogen and oxygen atoms in total. The second-order valence-electron chi connectivity index (χ2n) is 11.5. The van der Waals surface area contributed by atoms with Gasteiger partial charge < -0.3 is 4.90 Å². The molecule has 1 aromatic heterocycles. The zero-order chi connectivity index (χ0) is 29.3. The van der Waals surface area contributed by atoms with Crippen LogP contribution in [0.3, 0.4) is 0 Å². The van der Waals surface area contributed by atoms with Crippen LogP contribution in [0.15, 0.2) is 90.0 Å². The second-order valence-corrected chi connectivity index (χ2v) is 13.9. The van der Waals surface area contributed by atoms with Gasteiger partial charge in [0.25, 0.3) is 5.91 Å². The van der Waals surface area contributed by atoms with E-state index in [-0.39, 0.29) is 11.8 Å². The van der Waals surface area contributed by atoms with Gasteiger partial charge in [-0.1, -0.05) is 54.1 Å². The first kappa shape index (κ1) is 28.6. The van der Waals surface area contributed by atoms with Crippen LogP contribution in [0, 0.1) is 0 Å². The Morgan fingerprint density at radius 1 is 0.905 bits per heavy atom. The molecule has 42 heavy (non-hydrogen) atoms. The molecule has 0 bridgehead atoms. The fourth-order valence-electron chi connectivity index (χ4n) is 6.34. The van der Waals surface area contributed by atoms with Crippen molar-refractivity contribution in [2.75, 3.05) is 32.4 Å². The molecule has 4 aromatic rings. The van der Waals surface area contributed by atoms with Crippen LogP contribution in [0.5, 0.6) is 0 Å². The number of piperidine rings is 1. The van der Waals surface area contributed by atoms with Gasteiger partial charge in [0, 0.05) is 49.3 Å². The van der Waals surface area contributed by atoms with E-state index in [9.17, 15) is 13.2 Å². The van der Waals surface area contributed by atoms with Crippen LogP contribution in [0.2, 0.25) is 5.02 Å². The standard InChI is InChI=1S/C33H35ClN4O3S/c1-42(40,41)30-15-9-24(10-16-30)21-36-18-5-8-27(22-36)32-31(20-35-38(32)29-13-11-28(34)12-14-29)33(39)37-19-17-26(23-37)25-6-3-2-4-7-25/h2-4,6-7,9-16,20,26-27H,5,8,17-19,21-23H2,1H3/t26-,27?/m0/s1. The molecule has 2 saturated heterocycles. The molecule has 3 aromatic carbocycles. The lowest BCUT2D eigenvalue weighted by Crippen LogP contribution is -2.36. The smallest absolute Gasteiger partial charge is 0.257 e. The zero-order valence-corrected chi connectivity index (χ0v) is 25.3. The highest BCUT2D eigenvalue weighted by atomic mass is 35.5. The summed E-state index contributed by atoms with van der Waals surface area (Å²) in [6.07, 6.45) is 5.86. The van der Waals surface area contributed by atoms with Crippen molar-refractivity contribution in [1.29, 1.82) is 0 Å². The van der Waals surface area contributed by atoms with Gasteiger partial charge in [-0.2, -0.15) is 5.10 Å². The van der Waals surface area contributed by atoms with Crippen molar-refractivity contribution in [3.05, 3.63) is 112 Å². The molecule has 3 heterocycles. The number of carbonyl (C=O) groups excluding carboxylic acids is 1. The summed E-state index contributed by atoms with van der Waals surface area (Å²) in [6, 6.07) is 25.2. The summed E-state index contributed by atoms with van der Waals surface area (Å²) in [6.45, 7) is 3.86. The van der Waals surface area contributed by atoms with Crippen LogP contribution in [0.1, 0.15) is 58.3 Å². The number of rotatable bonds is 7. The van der Waals surface area contributed by atoms with Gasteiger partial charge in [0.1, 0.15) is 0 Å². The lowest BCUT2D eigenvalue weighted by molar-refractivity contribution is 0.0787. The monoisotopic (exact) mass is 602 g/mol. The number of aromatic nitrogens is 2. The SMILES string of the molecule is CS(=O)(=O)c1ccc(CN2CCCC(c3c(C(=O)N4CC[C@H](c5ccccc5)C4)cnn3-c3ccc(Cl)cc3)C2)cc1. The Bertz CT molecular complexity index is 1650. The predicted octanol–water partition coefficient (Wildman–Crippen LogP) is 5.94. The van der Waals surface area contributed by atoms with Gasteiger partial charge in [0.05, 0.1) is 28.0 Å². The summed E-state index contributed by atoms with van der Waals surface area (Å²) in [4.78, 5) is 18.8. The van der Waals surface area contributed by atoms with Gasteiger partial charge in [-0.15, -0.1) is 0 Å². The van der Waals surface area contributed by atoms with Gasteiger partial charge in [-0.05, 0) is 73.3 Å². The highest BCUT2D eigenvalue weighted by molar-refractivity contribution is 7.90. The lowest BCUT2D eigenvalue weighted by atomic mass is 9.91. The number of amides is 1. The predicted molar refractivity (Wildman–Crippen MR) is 165 cm³/mol. The number of hydrogen-bond acceptors (Lipinski definition) is 5. The Labute approximate surface area is 252 Å². The molecule has 1 unspecified atom stereocenters. The number of benzene rings is 3. The summed E-state index contributed by atoms with van der Waals surface area (Å²) >= 11 is 6.19. The Morgan fingerprint density at radius 3 is 2.36 bits per heavy atom. The van der Waals surface area contributed by atoms with E-state index in [4.69, 9.17) is 16.7 Å². The third kappa shape index (κ3) is 6.16. The van der Waals surface area contributed by atoms with Crippen molar-refractivity contribution in [1.82, 2.24) is 19.6 Å². The van der Waals surface area contributed by atoms with E-state index in [0.717, 1.165) is 55.8 Å². The summed E-state index contributed by atoms with van der Waals surface area (Å²) in [7, 11) is -3.23. The van der Waals surface area contributed by atoms with Crippen molar-refractivity contribution in [3.8, 4) is 5.69 Å². The van der Waals surface area contributed by atoms with Gasteiger partial charge >= 0.3 is 0 Å². The van der Waals surface area contributed by atoms with E-state index in [1.165, 1.54) is 11.8 Å². The Morgan fingerprint density at radius 2 is 1.64 bits per heavy atom. The molecule has 0 spiro atoms. The fourth-order valence-corrected chi connectivity index (χ4v) is 7.09. The first-order valence-corrected chi connectivity index (χ1v) is 16.7. The Kier molecular flexibility index (Phi) is 8.21. The minimum absolute atomic E-state index is 0.0390. The highest BCUT2D eigenvalue weighted by Crippen LogP contribution is 2.34. The van der Waals surface area contributed by atoms with E-state index >= 15 is 0 Å². The molecule has 9 heteroatoms. The Balaban J connectivity index is 1.27. The highest BCUT2D eigenvalue weighted by Gasteiger charge is 2.34. The number of likely N-dealkylation sites (tertiary alicyclic amines) is 2. The van der Waals surface area contributed by atoms with Crippen LogP contribution < -0.4 is 0 Å². The van der Waals surface area contributed by atoms with Crippen molar-refractivity contribution >= 4 is 27.3 Å². The number of nitrogens with zero attached hydrogens (tertiary/aromatic N) is 4. The van der Waals surface area contributed by atoms with E-state index < -0.39 is 9.84 Å². The molecule has 2 fully saturated rings. The van der Waals surface area contributed by atoms with Crippen molar-refractivity contribution < 1.29 is 13.2 Å². The third-order valence-electron chi connectivity index (χ3n) is 8.50. The van der Waals surface area contributed by atoms with Gasteiger partial charge in [0.2, 0.25) is 0 Å². The molecule has 0 N–H and O–H groups in total. The topological polar surface area (TPSA) is 75.5 Å². The van der Waals surface area contributed by atoms with E-state index in [1.807, 2.05) is 52.0 Å². The average Bonchev–Trinajstić information content (AvgIpc) is 3.66. The van der Waals surface area contributed by atoms with Crippen molar-refractivity contribution in [3.63, 3.8) is 0 Å². The second kappa shape index (κ2) is 12.0. The third-order valence-corrected chi connectivity index (χ3v) is 9.88. The molecule has 218 valence electrons. The minimum atomic E-state index is -3.23. The number of halogens is 1. The molecule has 0 aliphatic carbocycles. The maximum Gasteiger partial charge on any atom is 0.257 e. The van der Waals surface area contributed by atoms with Gasteiger partial charge in [-0.3, -0.25) is 9.69 Å². The van der Waals surface area contributed by atoms with E-state index in [2.05, 4.69) is 29.2 Å². The fraction of sp³-hybridized carbons (Fsp3) is 0.333. The van der Waals surface area contributed by atoms with Crippen molar-refractivity contribution in [2.45, 2.75) is 42.5 Å². The molecule has 0 radical (unpaired) electrons. The summed E-state index contributed by atoms with van der Waals surface area (Å²) in [5, 5.41) is 5.40. The summed E-state index contributed by atoms with van der Waals surface area (Å²) in [5.74, 6) is 0.486. The molecule has 2 aliphatic rings. The largest absolute Gasteiger partial charge is 0.338 e. The maximum atomic E-state index is 14.1. The quantitative estimate of drug-likeness (QED) is 0.262.